The van der Waals surface area contributed by atoms with E-state index < -0.39 is 0 Å². The van der Waals surface area contributed by atoms with E-state index in [1.165, 1.54) is 0 Å². The first-order valence-electron chi connectivity index (χ1n) is 5.02. The lowest BCUT2D eigenvalue weighted by Crippen LogP contribution is -2.33. The van der Waals surface area contributed by atoms with Gasteiger partial charge in [0.1, 0.15) is 20.2 Å². The van der Waals surface area contributed by atoms with Gasteiger partial charge in [0.25, 0.3) is 0 Å². The molecule has 6 nitrogen and oxygen atoms in total. The molecule has 0 fully saturated rings. The number of nitrogens with zero attached hydrogens (tertiary/aromatic N) is 2. The standard InChI is InChI=1S/C9H24N4O2/c1-10-5-12(3)7-15-9-13(4)8-14-6-11-2/h10-11H,5-9H2,1-4H3. The molecular weight excluding hydrogens is 196 g/mol. The van der Waals surface area contributed by atoms with Gasteiger partial charge in [0.2, 0.25) is 0 Å². The minimum absolute atomic E-state index is 0.560. The average molecular weight is 220 g/mol. The summed E-state index contributed by atoms with van der Waals surface area (Å²) in [7, 11) is 7.71. The second-order valence-electron chi connectivity index (χ2n) is 3.52. The molecule has 0 aliphatic rings. The molecule has 0 saturated carbocycles. The van der Waals surface area contributed by atoms with Crippen LogP contribution in [0.4, 0.5) is 0 Å². The molecule has 0 saturated heterocycles. The van der Waals surface area contributed by atoms with Crippen molar-refractivity contribution in [2.24, 2.45) is 0 Å². The lowest BCUT2D eigenvalue weighted by molar-refractivity contribution is -0.0596. The van der Waals surface area contributed by atoms with Gasteiger partial charge in [-0.15, -0.1) is 0 Å². The van der Waals surface area contributed by atoms with Gasteiger partial charge in [-0.05, 0) is 28.2 Å². The molecule has 0 aliphatic heterocycles. The van der Waals surface area contributed by atoms with Crippen LogP contribution < -0.4 is 10.6 Å². The van der Waals surface area contributed by atoms with Crippen molar-refractivity contribution in [1.29, 1.82) is 0 Å². The van der Waals surface area contributed by atoms with E-state index in [1.54, 1.807) is 0 Å². The van der Waals surface area contributed by atoms with Gasteiger partial charge in [-0.3, -0.25) is 15.1 Å². The van der Waals surface area contributed by atoms with Crippen molar-refractivity contribution in [3.8, 4) is 0 Å². The van der Waals surface area contributed by atoms with Gasteiger partial charge in [0.05, 0.1) is 6.73 Å². The number of rotatable bonds is 10. The maximum absolute atomic E-state index is 5.45. The summed E-state index contributed by atoms with van der Waals surface area (Å²) in [6, 6.07) is 0. The predicted octanol–water partition coefficient (Wildman–Crippen LogP) is -0.890. The average Bonchev–Trinajstić information content (AvgIpc) is 2.18. The van der Waals surface area contributed by atoms with Gasteiger partial charge in [0.15, 0.2) is 0 Å². The number of hydrogen-bond donors (Lipinski definition) is 2. The van der Waals surface area contributed by atoms with Crippen molar-refractivity contribution in [1.82, 2.24) is 20.4 Å². The molecule has 0 atom stereocenters. The van der Waals surface area contributed by atoms with Crippen molar-refractivity contribution < 1.29 is 9.47 Å². The smallest absolute Gasteiger partial charge is 0.102 e. The van der Waals surface area contributed by atoms with E-state index in [1.807, 2.05) is 38.0 Å². The summed E-state index contributed by atoms with van der Waals surface area (Å²) in [5, 5.41) is 5.95. The van der Waals surface area contributed by atoms with Crippen LogP contribution in [0.3, 0.4) is 0 Å². The monoisotopic (exact) mass is 220 g/mol. The minimum atomic E-state index is 0.560. The minimum Gasteiger partial charge on any atom is -0.351 e. The topological polar surface area (TPSA) is 49.0 Å². The lowest BCUT2D eigenvalue weighted by Gasteiger charge is -2.20. The third-order valence-corrected chi connectivity index (χ3v) is 1.61. The van der Waals surface area contributed by atoms with Crippen LogP contribution in [0.15, 0.2) is 0 Å². The van der Waals surface area contributed by atoms with Crippen LogP contribution >= 0.6 is 0 Å². The molecule has 0 unspecified atom stereocenters. The van der Waals surface area contributed by atoms with Crippen molar-refractivity contribution in [3.63, 3.8) is 0 Å². The molecule has 0 heterocycles. The normalized spacial score (nSPS) is 11.6. The Kier molecular flexibility index (Phi) is 10.1. The fourth-order valence-corrected chi connectivity index (χ4v) is 1.01. The Balaban J connectivity index is 3.26. The van der Waals surface area contributed by atoms with Crippen molar-refractivity contribution in [2.75, 3.05) is 61.8 Å². The molecule has 0 aliphatic carbocycles. The summed E-state index contributed by atoms with van der Waals surface area (Å²) >= 11 is 0. The second-order valence-corrected chi connectivity index (χ2v) is 3.52. The molecule has 0 bridgehead atoms. The maximum Gasteiger partial charge on any atom is 0.102 e. The van der Waals surface area contributed by atoms with E-state index in [0.717, 1.165) is 6.67 Å². The molecule has 6 heteroatoms. The fraction of sp³-hybridized carbons (Fsp3) is 1.00. The molecule has 15 heavy (non-hydrogen) atoms. The molecular formula is C9H24N4O2. The highest BCUT2D eigenvalue weighted by Gasteiger charge is 1.99. The van der Waals surface area contributed by atoms with Crippen LogP contribution in [0.1, 0.15) is 0 Å². The predicted molar refractivity (Wildman–Crippen MR) is 60.2 cm³/mol. The zero-order chi connectivity index (χ0) is 11.5. The highest BCUT2D eigenvalue weighted by molar-refractivity contribution is 4.39. The third kappa shape index (κ3) is 10.1. The quantitative estimate of drug-likeness (QED) is 0.368. The number of nitrogens with one attached hydrogen (secondary N) is 2. The van der Waals surface area contributed by atoms with E-state index >= 15 is 0 Å². The van der Waals surface area contributed by atoms with Crippen molar-refractivity contribution in [2.45, 2.75) is 0 Å². The largest absolute Gasteiger partial charge is 0.351 e. The van der Waals surface area contributed by atoms with Gasteiger partial charge >= 0.3 is 0 Å². The Morgan fingerprint density at radius 1 is 0.867 bits per heavy atom. The number of ether oxygens (including phenoxy) is 2. The van der Waals surface area contributed by atoms with Gasteiger partial charge < -0.3 is 14.8 Å². The summed E-state index contributed by atoms with van der Waals surface area (Å²) in [5.74, 6) is 0. The van der Waals surface area contributed by atoms with E-state index in [2.05, 4.69) is 10.6 Å². The van der Waals surface area contributed by atoms with Gasteiger partial charge in [0, 0.05) is 6.67 Å². The third-order valence-electron chi connectivity index (χ3n) is 1.61. The van der Waals surface area contributed by atoms with E-state index in [4.69, 9.17) is 9.47 Å². The van der Waals surface area contributed by atoms with E-state index in [0.29, 0.717) is 26.9 Å². The van der Waals surface area contributed by atoms with Gasteiger partial charge in [-0.1, -0.05) is 0 Å². The summed E-state index contributed by atoms with van der Waals surface area (Å²) in [4.78, 5) is 4.01. The lowest BCUT2D eigenvalue weighted by atomic mass is 10.8. The fourth-order valence-electron chi connectivity index (χ4n) is 1.01. The zero-order valence-corrected chi connectivity index (χ0v) is 10.2. The van der Waals surface area contributed by atoms with Crippen LogP contribution in [0.5, 0.6) is 0 Å². The van der Waals surface area contributed by atoms with Gasteiger partial charge in [-0.25, -0.2) is 0 Å². The molecule has 0 amide bonds. The van der Waals surface area contributed by atoms with Crippen LogP contribution in [0.2, 0.25) is 0 Å². The van der Waals surface area contributed by atoms with E-state index in [-0.39, 0.29) is 0 Å². The molecule has 92 valence electrons. The molecule has 0 rings (SSSR count). The van der Waals surface area contributed by atoms with E-state index in [9.17, 15) is 0 Å². The van der Waals surface area contributed by atoms with Crippen molar-refractivity contribution in [3.05, 3.63) is 0 Å². The SMILES string of the molecule is CNCOCN(C)COCN(C)CNC. The highest BCUT2D eigenvalue weighted by Crippen LogP contribution is 1.87. The van der Waals surface area contributed by atoms with Crippen LogP contribution in [0, 0.1) is 0 Å². The van der Waals surface area contributed by atoms with Crippen LogP contribution in [0.25, 0.3) is 0 Å². The first-order chi connectivity index (χ1) is 7.20. The summed E-state index contributed by atoms with van der Waals surface area (Å²) in [6.45, 7) is 3.12. The first-order valence-corrected chi connectivity index (χ1v) is 5.02. The van der Waals surface area contributed by atoms with Crippen LogP contribution in [-0.2, 0) is 9.47 Å². The molecule has 0 aromatic rings. The Morgan fingerprint density at radius 2 is 1.47 bits per heavy atom. The Hall–Kier alpha value is -0.240. The van der Waals surface area contributed by atoms with Crippen LogP contribution in [-0.4, -0.2) is 71.6 Å². The number of hydrogen-bond acceptors (Lipinski definition) is 6. The molecule has 0 aromatic heterocycles. The molecule has 0 radical (unpaired) electrons. The summed E-state index contributed by atoms with van der Waals surface area (Å²) < 4.78 is 10.7. The first kappa shape index (κ1) is 14.8. The Bertz CT molecular complexity index is 137. The van der Waals surface area contributed by atoms with Crippen molar-refractivity contribution >= 4 is 0 Å². The molecule has 2 N–H and O–H groups in total. The Labute approximate surface area is 92.5 Å². The maximum atomic E-state index is 5.45. The zero-order valence-electron chi connectivity index (χ0n) is 10.2. The molecule has 0 spiro atoms. The Morgan fingerprint density at radius 3 is 2.07 bits per heavy atom. The summed E-state index contributed by atoms with van der Waals surface area (Å²) in [6.07, 6.45) is 0. The highest BCUT2D eigenvalue weighted by atomic mass is 16.5. The summed E-state index contributed by atoms with van der Waals surface area (Å²) in [5.41, 5.74) is 0. The molecule has 0 aromatic carbocycles. The van der Waals surface area contributed by atoms with Gasteiger partial charge in [-0.2, -0.15) is 0 Å². The second kappa shape index (κ2) is 10.3.